The number of hydrogen-bond acceptors (Lipinski definition) is 3. The smallest absolute Gasteiger partial charge is 0.223 e. The van der Waals surface area contributed by atoms with Crippen LogP contribution in [0.1, 0.15) is 45.2 Å². The summed E-state index contributed by atoms with van der Waals surface area (Å²) >= 11 is 0. The molecule has 0 aliphatic carbocycles. The minimum Gasteiger partial charge on any atom is -0.493 e. The Labute approximate surface area is 169 Å². The molecular weight excluding hydrogens is 350 g/mol. The maximum atomic E-state index is 12.6. The summed E-state index contributed by atoms with van der Waals surface area (Å²) in [5, 5.41) is 0. The monoisotopic (exact) mass is 383 g/mol. The van der Waals surface area contributed by atoms with E-state index in [0.717, 1.165) is 17.7 Å². The Balaban J connectivity index is 2.10. The van der Waals surface area contributed by atoms with E-state index in [2.05, 4.69) is 27.7 Å². The molecule has 0 saturated carbocycles. The van der Waals surface area contributed by atoms with Crippen LogP contribution in [-0.2, 0) is 17.9 Å². The summed E-state index contributed by atoms with van der Waals surface area (Å²) in [6, 6.07) is 16.0. The molecule has 0 radical (unpaired) electrons. The van der Waals surface area contributed by atoms with Gasteiger partial charge in [0.25, 0.3) is 0 Å². The molecule has 0 heterocycles. The molecule has 0 fully saturated rings. The number of carbonyl (C=O) groups is 1. The van der Waals surface area contributed by atoms with Gasteiger partial charge in [-0.25, -0.2) is 0 Å². The summed E-state index contributed by atoms with van der Waals surface area (Å²) in [6.45, 7) is 10.2. The Hall–Kier alpha value is -2.49. The number of ether oxygens (including phenoxy) is 2. The molecule has 2 aromatic rings. The summed E-state index contributed by atoms with van der Waals surface area (Å²) in [4.78, 5) is 14.6. The van der Waals surface area contributed by atoms with Crippen molar-refractivity contribution in [1.82, 2.24) is 4.90 Å². The molecule has 152 valence electrons. The van der Waals surface area contributed by atoms with Crippen molar-refractivity contribution in [2.45, 2.75) is 47.3 Å². The predicted octanol–water partition coefficient (Wildman–Crippen LogP) is 5.30. The highest BCUT2D eigenvalue weighted by atomic mass is 16.5. The van der Waals surface area contributed by atoms with Gasteiger partial charge in [-0.15, -0.1) is 0 Å². The quantitative estimate of drug-likeness (QED) is 0.558. The van der Waals surface area contributed by atoms with Crippen LogP contribution in [0.25, 0.3) is 0 Å². The van der Waals surface area contributed by atoms with Crippen LogP contribution < -0.4 is 9.47 Å². The first-order valence-corrected chi connectivity index (χ1v) is 10.0. The Kier molecular flexibility index (Phi) is 8.37. The first-order valence-electron chi connectivity index (χ1n) is 10.0. The molecule has 0 bridgehead atoms. The topological polar surface area (TPSA) is 38.8 Å². The third kappa shape index (κ3) is 6.91. The van der Waals surface area contributed by atoms with Crippen LogP contribution in [0.15, 0.2) is 48.5 Å². The van der Waals surface area contributed by atoms with E-state index >= 15 is 0 Å². The molecule has 0 atom stereocenters. The number of hydrogen-bond donors (Lipinski definition) is 0. The van der Waals surface area contributed by atoms with Gasteiger partial charge in [-0.05, 0) is 35.1 Å². The van der Waals surface area contributed by atoms with Crippen LogP contribution >= 0.6 is 0 Å². The van der Waals surface area contributed by atoms with Crippen LogP contribution in [0.3, 0.4) is 0 Å². The van der Waals surface area contributed by atoms with E-state index < -0.39 is 0 Å². The molecule has 0 N–H and O–H groups in total. The molecule has 0 aliphatic rings. The summed E-state index contributed by atoms with van der Waals surface area (Å²) in [5.41, 5.74) is 2.15. The SMILES string of the molecule is COc1cc(CN(CC(C)C)C(=O)CC(C)C)ccc1OCc1ccccc1. The van der Waals surface area contributed by atoms with Crippen LogP contribution in [0, 0.1) is 11.8 Å². The van der Waals surface area contributed by atoms with E-state index in [9.17, 15) is 4.79 Å². The summed E-state index contributed by atoms with van der Waals surface area (Å²) in [7, 11) is 1.64. The summed E-state index contributed by atoms with van der Waals surface area (Å²) < 4.78 is 11.5. The fraction of sp³-hybridized carbons (Fsp3) is 0.458. The highest BCUT2D eigenvalue weighted by Gasteiger charge is 2.17. The van der Waals surface area contributed by atoms with Gasteiger partial charge in [-0.1, -0.05) is 64.1 Å². The number of rotatable bonds is 10. The molecule has 0 aromatic heterocycles. The van der Waals surface area contributed by atoms with Gasteiger partial charge in [-0.2, -0.15) is 0 Å². The molecule has 4 nitrogen and oxygen atoms in total. The minimum atomic E-state index is 0.201. The van der Waals surface area contributed by atoms with E-state index in [1.165, 1.54) is 0 Å². The Morgan fingerprint density at radius 3 is 2.25 bits per heavy atom. The molecule has 1 amide bonds. The second kappa shape index (κ2) is 10.7. The Bertz CT molecular complexity index is 741. The lowest BCUT2D eigenvalue weighted by Crippen LogP contribution is -2.34. The largest absolute Gasteiger partial charge is 0.493 e. The second-order valence-corrected chi connectivity index (χ2v) is 8.03. The summed E-state index contributed by atoms with van der Waals surface area (Å²) in [5.74, 6) is 2.37. The zero-order valence-electron chi connectivity index (χ0n) is 17.8. The molecule has 28 heavy (non-hydrogen) atoms. The molecule has 4 heteroatoms. The zero-order chi connectivity index (χ0) is 20.5. The average Bonchev–Trinajstić information content (AvgIpc) is 2.66. The number of amides is 1. The van der Waals surface area contributed by atoms with Gasteiger partial charge in [0.1, 0.15) is 6.61 Å². The third-order valence-electron chi connectivity index (χ3n) is 4.36. The van der Waals surface area contributed by atoms with Crippen LogP contribution in [-0.4, -0.2) is 24.5 Å². The van der Waals surface area contributed by atoms with Gasteiger partial charge in [-0.3, -0.25) is 4.79 Å². The second-order valence-electron chi connectivity index (χ2n) is 8.03. The van der Waals surface area contributed by atoms with Crippen molar-refractivity contribution in [2.75, 3.05) is 13.7 Å². The Morgan fingerprint density at radius 1 is 0.929 bits per heavy atom. The van der Waals surface area contributed by atoms with Crippen LogP contribution in [0.5, 0.6) is 11.5 Å². The number of carbonyl (C=O) groups excluding carboxylic acids is 1. The van der Waals surface area contributed by atoms with Crippen molar-refractivity contribution in [3.8, 4) is 11.5 Å². The van der Waals surface area contributed by atoms with Gasteiger partial charge in [0.2, 0.25) is 5.91 Å². The summed E-state index contributed by atoms with van der Waals surface area (Å²) in [6.07, 6.45) is 0.572. The van der Waals surface area contributed by atoms with Crippen molar-refractivity contribution in [3.05, 3.63) is 59.7 Å². The van der Waals surface area contributed by atoms with Gasteiger partial charge >= 0.3 is 0 Å². The zero-order valence-corrected chi connectivity index (χ0v) is 17.8. The number of methoxy groups -OCH3 is 1. The molecule has 0 spiro atoms. The molecular formula is C24H33NO3. The van der Waals surface area contributed by atoms with Gasteiger partial charge in [0.15, 0.2) is 11.5 Å². The molecule has 0 saturated heterocycles. The van der Waals surface area contributed by atoms with Crippen LogP contribution in [0.2, 0.25) is 0 Å². The van der Waals surface area contributed by atoms with Gasteiger partial charge < -0.3 is 14.4 Å². The standard InChI is InChI=1S/C24H33NO3/c1-18(2)13-24(26)25(15-19(3)4)16-21-11-12-22(23(14-21)27-5)28-17-20-9-7-6-8-10-20/h6-12,14,18-19H,13,15-17H2,1-5H3. The normalized spacial score (nSPS) is 11.0. The highest BCUT2D eigenvalue weighted by molar-refractivity contribution is 5.76. The highest BCUT2D eigenvalue weighted by Crippen LogP contribution is 2.29. The maximum Gasteiger partial charge on any atom is 0.223 e. The fourth-order valence-electron chi connectivity index (χ4n) is 3.06. The first-order chi connectivity index (χ1) is 13.4. The maximum absolute atomic E-state index is 12.6. The molecule has 0 unspecified atom stereocenters. The lowest BCUT2D eigenvalue weighted by atomic mass is 10.1. The van der Waals surface area contributed by atoms with Crippen molar-refractivity contribution in [3.63, 3.8) is 0 Å². The third-order valence-corrected chi connectivity index (χ3v) is 4.36. The van der Waals surface area contributed by atoms with E-state index in [4.69, 9.17) is 9.47 Å². The van der Waals surface area contributed by atoms with Crippen molar-refractivity contribution >= 4 is 5.91 Å². The molecule has 2 rings (SSSR count). The van der Waals surface area contributed by atoms with E-state index in [-0.39, 0.29) is 5.91 Å². The van der Waals surface area contributed by atoms with Crippen molar-refractivity contribution in [2.24, 2.45) is 11.8 Å². The lowest BCUT2D eigenvalue weighted by Gasteiger charge is -2.26. The minimum absolute atomic E-state index is 0.201. The van der Waals surface area contributed by atoms with Crippen LogP contribution in [0.4, 0.5) is 0 Å². The van der Waals surface area contributed by atoms with E-state index in [1.54, 1.807) is 7.11 Å². The van der Waals surface area contributed by atoms with E-state index in [0.29, 0.717) is 42.9 Å². The lowest BCUT2D eigenvalue weighted by molar-refractivity contribution is -0.133. The Morgan fingerprint density at radius 2 is 1.64 bits per heavy atom. The predicted molar refractivity (Wildman–Crippen MR) is 113 cm³/mol. The van der Waals surface area contributed by atoms with E-state index in [1.807, 2.05) is 53.4 Å². The molecule has 0 aliphatic heterocycles. The van der Waals surface area contributed by atoms with Crippen molar-refractivity contribution in [1.29, 1.82) is 0 Å². The average molecular weight is 384 g/mol. The molecule has 2 aromatic carbocycles. The first kappa shape index (κ1) is 21.8. The van der Waals surface area contributed by atoms with Gasteiger partial charge in [0, 0.05) is 19.5 Å². The van der Waals surface area contributed by atoms with Gasteiger partial charge in [0.05, 0.1) is 7.11 Å². The number of benzene rings is 2. The number of nitrogens with zero attached hydrogens (tertiary/aromatic N) is 1. The fourth-order valence-corrected chi connectivity index (χ4v) is 3.06. The van der Waals surface area contributed by atoms with Crippen molar-refractivity contribution < 1.29 is 14.3 Å².